The molecule has 0 atom stereocenters. The van der Waals surface area contributed by atoms with Crippen LogP contribution in [-0.4, -0.2) is 12.6 Å². The third-order valence-corrected chi connectivity index (χ3v) is 2.53. The fourth-order valence-corrected chi connectivity index (χ4v) is 1.49. The Labute approximate surface area is 108 Å². The lowest BCUT2D eigenvalue weighted by atomic mass is 10.0. The topological polar surface area (TPSA) is 50.1 Å². The predicted molar refractivity (Wildman–Crippen MR) is 70.8 cm³/mol. The van der Waals surface area contributed by atoms with E-state index in [9.17, 15) is 4.79 Å². The number of nitriles is 1. The van der Waals surface area contributed by atoms with E-state index in [2.05, 4.69) is 13.8 Å². The van der Waals surface area contributed by atoms with Gasteiger partial charge in [-0.05, 0) is 30.0 Å². The third kappa shape index (κ3) is 3.74. The van der Waals surface area contributed by atoms with Gasteiger partial charge in [0.2, 0.25) is 0 Å². The van der Waals surface area contributed by atoms with Crippen LogP contribution in [0.3, 0.4) is 0 Å². The number of carbonyl (C=O) groups is 1. The average molecular weight is 243 g/mol. The quantitative estimate of drug-likeness (QED) is 0.463. The van der Waals surface area contributed by atoms with Crippen molar-refractivity contribution in [3.63, 3.8) is 0 Å². The van der Waals surface area contributed by atoms with Crippen molar-refractivity contribution in [1.82, 2.24) is 0 Å². The SMILES string of the molecule is CCOC(=O)/C(C#N)=C/c1ccc(C(C)C)cc1. The Morgan fingerprint density at radius 1 is 1.39 bits per heavy atom. The van der Waals surface area contributed by atoms with Gasteiger partial charge in [-0.2, -0.15) is 5.26 Å². The van der Waals surface area contributed by atoms with E-state index >= 15 is 0 Å². The van der Waals surface area contributed by atoms with Crippen LogP contribution >= 0.6 is 0 Å². The molecule has 0 aliphatic carbocycles. The second kappa shape index (κ2) is 6.61. The number of hydrogen-bond acceptors (Lipinski definition) is 3. The van der Waals surface area contributed by atoms with Crippen LogP contribution in [0.5, 0.6) is 0 Å². The third-order valence-electron chi connectivity index (χ3n) is 2.53. The molecule has 0 saturated carbocycles. The summed E-state index contributed by atoms with van der Waals surface area (Å²) in [6.07, 6.45) is 1.54. The van der Waals surface area contributed by atoms with E-state index in [1.54, 1.807) is 13.0 Å². The maximum atomic E-state index is 11.4. The molecule has 3 nitrogen and oxygen atoms in total. The highest BCUT2D eigenvalue weighted by molar-refractivity contribution is 5.97. The Balaban J connectivity index is 2.93. The zero-order valence-electron chi connectivity index (χ0n) is 10.9. The summed E-state index contributed by atoms with van der Waals surface area (Å²) >= 11 is 0. The monoisotopic (exact) mass is 243 g/mol. The normalized spacial score (nSPS) is 11.2. The van der Waals surface area contributed by atoms with Crippen LogP contribution in [0.15, 0.2) is 29.8 Å². The van der Waals surface area contributed by atoms with E-state index in [4.69, 9.17) is 10.00 Å². The highest BCUT2D eigenvalue weighted by Crippen LogP contribution is 2.16. The molecule has 0 aromatic heterocycles. The Kier molecular flexibility index (Phi) is 5.13. The highest BCUT2D eigenvalue weighted by Gasteiger charge is 2.09. The van der Waals surface area contributed by atoms with E-state index < -0.39 is 5.97 Å². The number of nitrogens with zero attached hydrogens (tertiary/aromatic N) is 1. The van der Waals surface area contributed by atoms with Crippen LogP contribution in [0.1, 0.15) is 37.8 Å². The fraction of sp³-hybridized carbons (Fsp3) is 0.333. The molecule has 0 heterocycles. The predicted octanol–water partition coefficient (Wildman–Crippen LogP) is 3.28. The van der Waals surface area contributed by atoms with Crippen LogP contribution in [0, 0.1) is 11.3 Å². The molecular weight excluding hydrogens is 226 g/mol. The van der Waals surface area contributed by atoms with Crippen molar-refractivity contribution >= 4 is 12.0 Å². The summed E-state index contributed by atoms with van der Waals surface area (Å²) in [6, 6.07) is 9.64. The summed E-state index contributed by atoms with van der Waals surface area (Å²) in [6.45, 7) is 6.21. The van der Waals surface area contributed by atoms with Crippen molar-refractivity contribution in [3.05, 3.63) is 41.0 Å². The minimum absolute atomic E-state index is 0.0224. The van der Waals surface area contributed by atoms with Gasteiger partial charge in [0.25, 0.3) is 0 Å². The number of hydrogen-bond donors (Lipinski definition) is 0. The maximum absolute atomic E-state index is 11.4. The Hall–Kier alpha value is -2.08. The summed E-state index contributed by atoms with van der Waals surface area (Å²) in [5.41, 5.74) is 2.07. The molecule has 0 unspecified atom stereocenters. The molecule has 0 radical (unpaired) electrons. The Morgan fingerprint density at radius 2 is 2.00 bits per heavy atom. The first-order chi connectivity index (χ1) is 8.58. The average Bonchev–Trinajstić information content (AvgIpc) is 2.36. The molecule has 0 bridgehead atoms. The summed E-state index contributed by atoms with van der Waals surface area (Å²) < 4.78 is 4.80. The van der Waals surface area contributed by atoms with Gasteiger partial charge in [0.15, 0.2) is 0 Å². The minimum atomic E-state index is -0.576. The van der Waals surface area contributed by atoms with Crippen molar-refractivity contribution in [3.8, 4) is 6.07 Å². The molecule has 0 amide bonds. The van der Waals surface area contributed by atoms with Crippen LogP contribution in [0.25, 0.3) is 6.08 Å². The fourth-order valence-electron chi connectivity index (χ4n) is 1.49. The number of esters is 1. The Morgan fingerprint density at radius 3 is 2.44 bits per heavy atom. The molecule has 18 heavy (non-hydrogen) atoms. The number of carbonyl (C=O) groups excluding carboxylic acids is 1. The van der Waals surface area contributed by atoms with Gasteiger partial charge in [-0.25, -0.2) is 4.79 Å². The number of rotatable bonds is 4. The lowest BCUT2D eigenvalue weighted by Gasteiger charge is -2.05. The number of benzene rings is 1. The maximum Gasteiger partial charge on any atom is 0.348 e. The number of ether oxygens (including phenoxy) is 1. The second-order valence-corrected chi connectivity index (χ2v) is 4.21. The van der Waals surface area contributed by atoms with Crippen LogP contribution in [-0.2, 0) is 9.53 Å². The molecule has 1 rings (SSSR count). The van der Waals surface area contributed by atoms with Gasteiger partial charge in [-0.3, -0.25) is 0 Å². The van der Waals surface area contributed by atoms with E-state index in [-0.39, 0.29) is 12.2 Å². The molecule has 0 N–H and O–H groups in total. The lowest BCUT2D eigenvalue weighted by Crippen LogP contribution is -2.05. The summed E-state index contributed by atoms with van der Waals surface area (Å²) in [5.74, 6) is -0.114. The standard InChI is InChI=1S/C15H17NO2/c1-4-18-15(17)14(10-16)9-12-5-7-13(8-6-12)11(2)3/h5-9,11H,4H2,1-3H3/b14-9+. The van der Waals surface area contributed by atoms with Crippen LogP contribution in [0.2, 0.25) is 0 Å². The first-order valence-electron chi connectivity index (χ1n) is 5.97. The first-order valence-corrected chi connectivity index (χ1v) is 5.97. The zero-order chi connectivity index (χ0) is 13.5. The van der Waals surface area contributed by atoms with E-state index in [0.29, 0.717) is 5.92 Å². The molecule has 0 aliphatic rings. The molecule has 0 aliphatic heterocycles. The van der Waals surface area contributed by atoms with Crippen molar-refractivity contribution in [2.75, 3.05) is 6.61 Å². The molecule has 0 saturated heterocycles. The molecule has 0 spiro atoms. The van der Waals surface area contributed by atoms with Gasteiger partial charge in [0.05, 0.1) is 6.61 Å². The second-order valence-electron chi connectivity index (χ2n) is 4.21. The zero-order valence-corrected chi connectivity index (χ0v) is 10.9. The summed E-state index contributed by atoms with van der Waals surface area (Å²) in [7, 11) is 0. The molecule has 1 aromatic carbocycles. The van der Waals surface area contributed by atoms with E-state index in [1.807, 2.05) is 30.3 Å². The van der Waals surface area contributed by atoms with E-state index in [0.717, 1.165) is 5.56 Å². The van der Waals surface area contributed by atoms with Gasteiger partial charge < -0.3 is 4.74 Å². The van der Waals surface area contributed by atoms with Crippen molar-refractivity contribution in [1.29, 1.82) is 5.26 Å². The Bertz CT molecular complexity index is 478. The van der Waals surface area contributed by atoms with E-state index in [1.165, 1.54) is 5.56 Å². The van der Waals surface area contributed by atoms with Gasteiger partial charge >= 0.3 is 5.97 Å². The lowest BCUT2D eigenvalue weighted by molar-refractivity contribution is -0.137. The first kappa shape index (κ1) is 14.0. The smallest absolute Gasteiger partial charge is 0.348 e. The molecular formula is C15H17NO2. The van der Waals surface area contributed by atoms with Crippen LogP contribution in [0.4, 0.5) is 0 Å². The highest BCUT2D eigenvalue weighted by atomic mass is 16.5. The summed E-state index contributed by atoms with van der Waals surface area (Å²) in [4.78, 5) is 11.4. The molecule has 0 fully saturated rings. The van der Waals surface area contributed by atoms with Gasteiger partial charge in [0.1, 0.15) is 11.6 Å². The van der Waals surface area contributed by atoms with Crippen molar-refractivity contribution in [2.24, 2.45) is 0 Å². The molecule has 3 heteroatoms. The van der Waals surface area contributed by atoms with Gasteiger partial charge in [-0.1, -0.05) is 38.1 Å². The molecule has 94 valence electrons. The van der Waals surface area contributed by atoms with Crippen molar-refractivity contribution in [2.45, 2.75) is 26.7 Å². The summed E-state index contributed by atoms with van der Waals surface area (Å²) in [5, 5.41) is 8.91. The van der Waals surface area contributed by atoms with Crippen LogP contribution < -0.4 is 0 Å². The largest absolute Gasteiger partial charge is 0.462 e. The minimum Gasteiger partial charge on any atom is -0.462 e. The van der Waals surface area contributed by atoms with Crippen molar-refractivity contribution < 1.29 is 9.53 Å². The van der Waals surface area contributed by atoms with Gasteiger partial charge in [0, 0.05) is 0 Å². The molecule has 1 aromatic rings. The van der Waals surface area contributed by atoms with Gasteiger partial charge in [-0.15, -0.1) is 0 Å².